The number of benzene rings is 1. The summed E-state index contributed by atoms with van der Waals surface area (Å²) in [4.78, 5) is 11.7. The van der Waals surface area contributed by atoms with Gasteiger partial charge in [-0.25, -0.2) is 0 Å². The Balaban J connectivity index is 2.19. The van der Waals surface area contributed by atoms with Crippen molar-refractivity contribution in [2.75, 3.05) is 5.32 Å². The molecular formula is C12H11BrF3NO. The summed E-state index contributed by atoms with van der Waals surface area (Å²) in [6.45, 7) is 1.94. The largest absolute Gasteiger partial charge is 0.416 e. The molecule has 0 aromatic heterocycles. The van der Waals surface area contributed by atoms with Gasteiger partial charge in [0.1, 0.15) is 0 Å². The van der Waals surface area contributed by atoms with Gasteiger partial charge in [-0.1, -0.05) is 6.92 Å². The number of carbonyl (C=O) groups is 1. The topological polar surface area (TPSA) is 29.1 Å². The van der Waals surface area contributed by atoms with Crippen LogP contribution in [0.25, 0.3) is 0 Å². The van der Waals surface area contributed by atoms with Crippen molar-refractivity contribution in [3.63, 3.8) is 0 Å². The van der Waals surface area contributed by atoms with Gasteiger partial charge in [0.15, 0.2) is 0 Å². The number of rotatable bonds is 2. The maximum absolute atomic E-state index is 12.5. The van der Waals surface area contributed by atoms with Crippen LogP contribution in [0.1, 0.15) is 18.9 Å². The first-order chi connectivity index (χ1) is 8.29. The van der Waals surface area contributed by atoms with E-state index in [0.29, 0.717) is 10.4 Å². The predicted molar refractivity (Wildman–Crippen MR) is 65.0 cm³/mol. The van der Waals surface area contributed by atoms with Crippen molar-refractivity contribution in [1.82, 2.24) is 0 Å². The molecule has 1 N–H and O–H groups in total. The molecule has 0 aliphatic heterocycles. The normalized spacial score (nSPS) is 22.7. The van der Waals surface area contributed by atoms with Gasteiger partial charge in [0.25, 0.3) is 0 Å². The van der Waals surface area contributed by atoms with Crippen molar-refractivity contribution in [2.45, 2.75) is 19.5 Å². The Morgan fingerprint density at radius 1 is 1.44 bits per heavy atom. The van der Waals surface area contributed by atoms with Gasteiger partial charge in [-0.2, -0.15) is 13.2 Å². The van der Waals surface area contributed by atoms with E-state index < -0.39 is 11.7 Å². The first-order valence-electron chi connectivity index (χ1n) is 5.46. The predicted octanol–water partition coefficient (Wildman–Crippen LogP) is 4.06. The monoisotopic (exact) mass is 321 g/mol. The van der Waals surface area contributed by atoms with Gasteiger partial charge in [-0.05, 0) is 46.5 Å². The smallest absolute Gasteiger partial charge is 0.325 e. The molecule has 1 aromatic carbocycles. The molecule has 1 saturated carbocycles. The van der Waals surface area contributed by atoms with E-state index in [9.17, 15) is 18.0 Å². The molecule has 0 bridgehead atoms. The third-order valence-electron chi connectivity index (χ3n) is 3.00. The van der Waals surface area contributed by atoms with Gasteiger partial charge < -0.3 is 5.32 Å². The number of halogens is 4. The van der Waals surface area contributed by atoms with Gasteiger partial charge >= 0.3 is 6.18 Å². The van der Waals surface area contributed by atoms with Crippen LogP contribution in [0.3, 0.4) is 0 Å². The standard InChI is InChI=1S/C12H11BrF3NO/c1-6-4-8(6)11(18)17-10-5-7(12(14,15)16)2-3-9(10)13/h2-3,5-6,8H,4H2,1H3,(H,17,18). The Hall–Kier alpha value is -1.04. The SMILES string of the molecule is CC1CC1C(=O)Nc1cc(C(F)(F)F)ccc1Br. The molecule has 98 valence electrons. The summed E-state index contributed by atoms with van der Waals surface area (Å²) in [7, 11) is 0. The zero-order valence-electron chi connectivity index (χ0n) is 9.51. The van der Waals surface area contributed by atoms with E-state index in [4.69, 9.17) is 0 Å². The van der Waals surface area contributed by atoms with Crippen molar-refractivity contribution in [1.29, 1.82) is 0 Å². The molecule has 1 aliphatic rings. The highest BCUT2D eigenvalue weighted by Gasteiger charge is 2.39. The number of carbonyl (C=O) groups excluding carboxylic acids is 1. The fourth-order valence-electron chi connectivity index (χ4n) is 1.71. The van der Waals surface area contributed by atoms with Crippen LogP contribution >= 0.6 is 15.9 Å². The van der Waals surface area contributed by atoms with Crippen LogP contribution in [-0.2, 0) is 11.0 Å². The molecule has 2 unspecified atom stereocenters. The molecule has 1 amide bonds. The van der Waals surface area contributed by atoms with Gasteiger partial charge in [-0.15, -0.1) is 0 Å². The van der Waals surface area contributed by atoms with E-state index in [1.54, 1.807) is 0 Å². The summed E-state index contributed by atoms with van der Waals surface area (Å²) in [6.07, 6.45) is -3.62. The number of hydrogen-bond acceptors (Lipinski definition) is 1. The molecule has 2 rings (SSSR count). The zero-order valence-corrected chi connectivity index (χ0v) is 11.1. The van der Waals surface area contributed by atoms with Gasteiger partial charge in [0, 0.05) is 10.4 Å². The van der Waals surface area contributed by atoms with Crippen LogP contribution in [0, 0.1) is 11.8 Å². The van der Waals surface area contributed by atoms with Gasteiger partial charge in [0.2, 0.25) is 5.91 Å². The Morgan fingerprint density at radius 2 is 2.06 bits per heavy atom. The van der Waals surface area contributed by atoms with E-state index >= 15 is 0 Å². The fourth-order valence-corrected chi connectivity index (χ4v) is 2.06. The molecule has 0 heterocycles. The fraction of sp³-hybridized carbons (Fsp3) is 0.417. The van der Waals surface area contributed by atoms with Crippen molar-refractivity contribution >= 4 is 27.5 Å². The summed E-state index contributed by atoms with van der Waals surface area (Å²) in [6, 6.07) is 3.20. The summed E-state index contributed by atoms with van der Waals surface area (Å²) < 4.78 is 38.1. The number of amides is 1. The highest BCUT2D eigenvalue weighted by atomic mass is 79.9. The van der Waals surface area contributed by atoms with Gasteiger partial charge in [0.05, 0.1) is 11.3 Å². The van der Waals surface area contributed by atoms with Crippen LogP contribution in [0.15, 0.2) is 22.7 Å². The minimum Gasteiger partial charge on any atom is -0.325 e. The molecule has 0 saturated heterocycles. The lowest BCUT2D eigenvalue weighted by Gasteiger charge is -2.11. The van der Waals surface area contributed by atoms with E-state index in [-0.39, 0.29) is 17.5 Å². The minimum absolute atomic E-state index is 0.0774. The maximum Gasteiger partial charge on any atom is 0.416 e. The van der Waals surface area contributed by atoms with Crippen LogP contribution < -0.4 is 5.32 Å². The first-order valence-corrected chi connectivity index (χ1v) is 6.26. The third kappa shape index (κ3) is 2.85. The molecule has 1 aromatic rings. The molecule has 0 spiro atoms. The van der Waals surface area contributed by atoms with Gasteiger partial charge in [-0.3, -0.25) is 4.79 Å². The van der Waals surface area contributed by atoms with Crippen LogP contribution in [0.4, 0.5) is 18.9 Å². The Kier molecular flexibility index (Phi) is 3.40. The van der Waals surface area contributed by atoms with E-state index in [0.717, 1.165) is 18.6 Å². The second kappa shape index (κ2) is 4.57. The molecule has 6 heteroatoms. The van der Waals surface area contributed by atoms with Crippen LogP contribution in [0.2, 0.25) is 0 Å². The summed E-state index contributed by atoms with van der Waals surface area (Å²) in [5.74, 6) is 0.0172. The van der Waals surface area contributed by atoms with Crippen molar-refractivity contribution in [3.8, 4) is 0 Å². The molecule has 2 nitrogen and oxygen atoms in total. The third-order valence-corrected chi connectivity index (χ3v) is 3.69. The molecule has 1 fully saturated rings. The van der Waals surface area contributed by atoms with Crippen LogP contribution in [-0.4, -0.2) is 5.91 Å². The number of nitrogens with one attached hydrogen (secondary N) is 1. The first kappa shape index (κ1) is 13.4. The highest BCUT2D eigenvalue weighted by Crippen LogP contribution is 2.39. The lowest BCUT2D eigenvalue weighted by Crippen LogP contribution is -2.15. The number of anilines is 1. The lowest BCUT2D eigenvalue weighted by atomic mass is 10.2. The minimum atomic E-state index is -4.41. The molecule has 1 aliphatic carbocycles. The van der Waals surface area contributed by atoms with E-state index in [2.05, 4.69) is 21.2 Å². The number of alkyl halides is 3. The van der Waals surface area contributed by atoms with E-state index in [1.165, 1.54) is 6.07 Å². The second-order valence-corrected chi connectivity index (χ2v) is 5.36. The lowest BCUT2D eigenvalue weighted by molar-refractivity contribution is -0.137. The van der Waals surface area contributed by atoms with Crippen molar-refractivity contribution < 1.29 is 18.0 Å². The average molecular weight is 322 g/mol. The van der Waals surface area contributed by atoms with Crippen molar-refractivity contribution in [3.05, 3.63) is 28.2 Å². The zero-order chi connectivity index (χ0) is 13.5. The number of hydrogen-bond donors (Lipinski definition) is 1. The molecule has 2 atom stereocenters. The maximum atomic E-state index is 12.5. The van der Waals surface area contributed by atoms with E-state index in [1.807, 2.05) is 6.92 Å². The highest BCUT2D eigenvalue weighted by molar-refractivity contribution is 9.10. The summed E-state index contributed by atoms with van der Waals surface area (Å²) in [5, 5.41) is 2.53. The molecular weight excluding hydrogens is 311 g/mol. The van der Waals surface area contributed by atoms with Crippen LogP contribution in [0.5, 0.6) is 0 Å². The molecule has 18 heavy (non-hydrogen) atoms. The second-order valence-electron chi connectivity index (χ2n) is 4.50. The quantitative estimate of drug-likeness (QED) is 0.874. The summed E-state index contributed by atoms with van der Waals surface area (Å²) >= 11 is 3.13. The Bertz CT molecular complexity index is 487. The molecule has 0 radical (unpaired) electrons. The Morgan fingerprint density at radius 3 is 2.56 bits per heavy atom. The Labute approximate surface area is 111 Å². The summed E-state index contributed by atoms with van der Waals surface area (Å²) in [5.41, 5.74) is -0.612. The van der Waals surface area contributed by atoms with Crippen molar-refractivity contribution in [2.24, 2.45) is 11.8 Å². The average Bonchev–Trinajstić information content (AvgIpc) is 2.97.